The van der Waals surface area contributed by atoms with Gasteiger partial charge in [-0.15, -0.1) is 0 Å². The van der Waals surface area contributed by atoms with Crippen molar-refractivity contribution in [3.63, 3.8) is 0 Å². The summed E-state index contributed by atoms with van der Waals surface area (Å²) in [6, 6.07) is 13.0. The van der Waals surface area contributed by atoms with E-state index in [1.54, 1.807) is 99.9 Å². The van der Waals surface area contributed by atoms with Crippen LogP contribution in [0.25, 0.3) is 0 Å². The van der Waals surface area contributed by atoms with E-state index in [9.17, 15) is 38.4 Å². The molecule has 5 rings (SSSR count). The number of nitrogens with zero attached hydrogens (tertiary/aromatic N) is 6. The van der Waals surface area contributed by atoms with Crippen molar-refractivity contribution in [2.75, 3.05) is 89.3 Å². The maximum Gasteiger partial charge on any atom is 0.412 e. The van der Waals surface area contributed by atoms with Gasteiger partial charge < -0.3 is 48.3 Å². The molecule has 0 atom stereocenters. The van der Waals surface area contributed by atoms with Gasteiger partial charge in [-0.05, 0) is 90.1 Å². The van der Waals surface area contributed by atoms with E-state index in [0.717, 1.165) is 22.0 Å². The summed E-state index contributed by atoms with van der Waals surface area (Å²) in [6.07, 6.45) is 3.47. The molecule has 20 nitrogen and oxygen atoms in total. The summed E-state index contributed by atoms with van der Waals surface area (Å²) in [5.41, 5.74) is -0.280. The lowest BCUT2D eigenvalue weighted by Gasteiger charge is -2.36. The molecule has 0 aliphatic carbocycles. The molecule has 2 aromatic carbocycles. The Morgan fingerprint density at radius 2 is 0.781 bits per heavy atom. The number of ether oxygens (including phenoxy) is 4. The number of piperazine rings is 2. The van der Waals surface area contributed by atoms with Crippen molar-refractivity contribution in [3.05, 3.63) is 73.1 Å². The van der Waals surface area contributed by atoms with Gasteiger partial charge in [0, 0.05) is 88.3 Å². The molecule has 2 saturated heterocycles. The predicted molar refractivity (Wildman–Crippen MR) is 232 cm³/mol. The first-order valence-corrected chi connectivity index (χ1v) is 20.8. The van der Waals surface area contributed by atoms with Crippen molar-refractivity contribution in [2.24, 2.45) is 0 Å². The van der Waals surface area contributed by atoms with Crippen molar-refractivity contribution in [1.29, 1.82) is 0 Å². The Labute approximate surface area is 371 Å². The molecule has 0 aromatic heterocycles. The molecule has 0 bridgehead atoms. The van der Waals surface area contributed by atoms with Gasteiger partial charge in [-0.3, -0.25) is 39.4 Å². The Balaban J connectivity index is 0.984. The van der Waals surface area contributed by atoms with Crippen LogP contribution >= 0.6 is 0 Å². The average Bonchev–Trinajstić information content (AvgIpc) is 3.23. The van der Waals surface area contributed by atoms with Gasteiger partial charge >= 0.3 is 12.2 Å². The molecular weight excluding hydrogens is 833 g/mol. The van der Waals surface area contributed by atoms with Crippen LogP contribution in [0, 0.1) is 0 Å². The number of hydrogen-bond acceptors (Lipinski definition) is 12. The SMILES string of the molecule is CC(C)(C)OC(=O)Nc1ccc(OCC(=O)N2CCN(C(=O)CN3C=CC(=O)N(CC(=O)N4CCN(C(=O)COc5ccc(NC(=O)OC(C)(C)C)cc5)CC4)C=CC3=O)CC2)cc1. The second-order valence-corrected chi connectivity index (χ2v) is 17.0. The van der Waals surface area contributed by atoms with E-state index in [0.29, 0.717) is 22.9 Å². The Hall–Kier alpha value is -7.12. The predicted octanol–water partition coefficient (Wildman–Crippen LogP) is 2.88. The fourth-order valence-electron chi connectivity index (χ4n) is 6.39. The van der Waals surface area contributed by atoms with Crippen molar-refractivity contribution in [2.45, 2.75) is 52.7 Å². The highest BCUT2D eigenvalue weighted by molar-refractivity contribution is 5.97. The zero-order valence-electron chi connectivity index (χ0n) is 37.0. The lowest BCUT2D eigenvalue weighted by atomic mass is 10.2. The Kier molecular flexibility index (Phi) is 16.0. The van der Waals surface area contributed by atoms with Crippen LogP contribution in [0.3, 0.4) is 0 Å². The van der Waals surface area contributed by atoms with Gasteiger partial charge in [-0.1, -0.05) is 0 Å². The lowest BCUT2D eigenvalue weighted by Crippen LogP contribution is -2.53. The molecule has 20 heteroatoms. The first-order valence-electron chi connectivity index (χ1n) is 20.8. The van der Waals surface area contributed by atoms with Crippen molar-refractivity contribution < 1.29 is 57.3 Å². The van der Waals surface area contributed by atoms with Crippen molar-refractivity contribution in [1.82, 2.24) is 29.4 Å². The van der Waals surface area contributed by atoms with Gasteiger partial charge in [-0.25, -0.2) is 9.59 Å². The van der Waals surface area contributed by atoms with Crippen LogP contribution in [0.5, 0.6) is 11.5 Å². The van der Waals surface area contributed by atoms with Crippen molar-refractivity contribution >= 4 is 59.0 Å². The second kappa shape index (κ2) is 21.3. The fraction of sp³-hybridized carbons (Fsp3) is 0.455. The Morgan fingerprint density at radius 1 is 0.484 bits per heavy atom. The highest BCUT2D eigenvalue weighted by Crippen LogP contribution is 2.19. The third-order valence-corrected chi connectivity index (χ3v) is 9.67. The van der Waals surface area contributed by atoms with Gasteiger partial charge in [0.05, 0.1) is 0 Å². The number of rotatable bonds is 12. The van der Waals surface area contributed by atoms with Crippen LogP contribution in [0.2, 0.25) is 0 Å². The topological polar surface area (TPSA) is 217 Å². The summed E-state index contributed by atoms with van der Waals surface area (Å²) in [4.78, 5) is 111. The maximum atomic E-state index is 13.2. The standard InChI is InChI=1S/C44H56N8O12/c1-43(2,3)63-41(59)45-31-7-11-33(12-8-31)61-29-39(57)49-23-19-47(20-24-49)37(55)27-51-17-15-36(54)52(18-16-35(51)53)28-38(56)48-21-25-50(26-22-48)40(58)30-62-34-13-9-32(10-14-34)46-42(60)64-44(4,5)6/h7-18H,19-30H2,1-6H3,(H,45,59)(H,46,60). The highest BCUT2D eigenvalue weighted by Gasteiger charge is 2.29. The third-order valence-electron chi connectivity index (χ3n) is 9.67. The second-order valence-electron chi connectivity index (χ2n) is 17.0. The number of benzene rings is 2. The number of anilines is 2. The molecule has 2 N–H and O–H groups in total. The smallest absolute Gasteiger partial charge is 0.412 e. The molecular formula is C44H56N8O12. The van der Waals surface area contributed by atoms with Crippen LogP contribution in [-0.2, 0) is 38.2 Å². The van der Waals surface area contributed by atoms with E-state index in [1.165, 1.54) is 22.2 Å². The quantitative estimate of drug-likeness (QED) is 0.315. The van der Waals surface area contributed by atoms with Crippen LogP contribution in [-0.4, -0.2) is 167 Å². The minimum Gasteiger partial charge on any atom is -0.484 e. The molecule has 0 spiro atoms. The molecule has 3 aliphatic rings. The number of carbonyl (C=O) groups is 8. The molecule has 2 aromatic rings. The monoisotopic (exact) mass is 888 g/mol. The summed E-state index contributed by atoms with van der Waals surface area (Å²) in [5.74, 6) is -1.58. The molecule has 3 aliphatic heterocycles. The lowest BCUT2D eigenvalue weighted by molar-refractivity contribution is -0.142. The molecule has 8 amide bonds. The molecule has 0 radical (unpaired) electrons. The van der Waals surface area contributed by atoms with E-state index in [2.05, 4.69) is 10.6 Å². The van der Waals surface area contributed by atoms with Gasteiger partial charge in [0.2, 0.25) is 11.8 Å². The molecule has 64 heavy (non-hydrogen) atoms. The van der Waals surface area contributed by atoms with Gasteiger partial charge in [0.15, 0.2) is 13.2 Å². The summed E-state index contributed by atoms with van der Waals surface area (Å²) in [6.45, 7) is 11.4. The average molecular weight is 889 g/mol. The normalized spacial score (nSPS) is 15.8. The molecule has 2 fully saturated rings. The molecule has 344 valence electrons. The van der Waals surface area contributed by atoms with E-state index < -0.39 is 35.2 Å². The first-order chi connectivity index (χ1) is 30.2. The van der Waals surface area contributed by atoms with Gasteiger partial charge in [0.1, 0.15) is 35.8 Å². The van der Waals surface area contributed by atoms with E-state index in [4.69, 9.17) is 18.9 Å². The zero-order valence-corrected chi connectivity index (χ0v) is 37.0. The summed E-state index contributed by atoms with van der Waals surface area (Å²) < 4.78 is 21.7. The first kappa shape index (κ1) is 47.9. The molecule has 0 saturated carbocycles. The zero-order chi connectivity index (χ0) is 46.6. The van der Waals surface area contributed by atoms with Crippen molar-refractivity contribution in [3.8, 4) is 11.5 Å². The van der Waals surface area contributed by atoms with Crippen LogP contribution < -0.4 is 20.1 Å². The number of nitrogens with one attached hydrogen (secondary N) is 2. The highest BCUT2D eigenvalue weighted by atomic mass is 16.6. The third kappa shape index (κ3) is 15.1. The van der Waals surface area contributed by atoms with Crippen LogP contribution in [0.15, 0.2) is 73.1 Å². The minimum absolute atomic E-state index is 0.228. The van der Waals surface area contributed by atoms with E-state index in [1.807, 2.05) is 0 Å². The number of carbonyl (C=O) groups excluding carboxylic acids is 8. The summed E-state index contributed by atoms with van der Waals surface area (Å²) >= 11 is 0. The number of amides is 8. The van der Waals surface area contributed by atoms with E-state index >= 15 is 0 Å². The summed E-state index contributed by atoms with van der Waals surface area (Å²) in [7, 11) is 0. The van der Waals surface area contributed by atoms with Gasteiger partial charge in [-0.2, -0.15) is 0 Å². The van der Waals surface area contributed by atoms with E-state index in [-0.39, 0.29) is 102 Å². The van der Waals surface area contributed by atoms with Crippen LogP contribution in [0.4, 0.5) is 21.0 Å². The summed E-state index contributed by atoms with van der Waals surface area (Å²) in [5, 5.41) is 5.25. The molecule has 0 unspecified atom stereocenters. The van der Waals surface area contributed by atoms with Gasteiger partial charge in [0.25, 0.3) is 23.6 Å². The Morgan fingerprint density at radius 3 is 1.08 bits per heavy atom. The Bertz CT molecular complexity index is 1950. The van der Waals surface area contributed by atoms with Crippen LogP contribution in [0.1, 0.15) is 41.5 Å². The fourth-order valence-corrected chi connectivity index (χ4v) is 6.39. The molecule has 3 heterocycles. The largest absolute Gasteiger partial charge is 0.484 e. The number of hydrogen-bond donors (Lipinski definition) is 2. The minimum atomic E-state index is -0.639. The maximum absolute atomic E-state index is 13.2.